The molecule has 1 aromatic heterocycles. The van der Waals surface area contributed by atoms with Crippen LogP contribution < -0.4 is 0 Å². The summed E-state index contributed by atoms with van der Waals surface area (Å²) in [5.74, 6) is 4.01. The lowest BCUT2D eigenvalue weighted by Gasteiger charge is -2.42. The van der Waals surface area contributed by atoms with Crippen molar-refractivity contribution in [2.24, 2.45) is 23.7 Å². The zero-order valence-electron chi connectivity index (χ0n) is 16.7. The van der Waals surface area contributed by atoms with Crippen molar-refractivity contribution in [2.75, 3.05) is 12.8 Å². The Labute approximate surface area is 172 Å². The lowest BCUT2D eigenvalue weighted by Crippen LogP contribution is -2.42. The van der Waals surface area contributed by atoms with E-state index in [9.17, 15) is 5.26 Å². The maximum Gasteiger partial charge on any atom is 0.0998 e. The first-order valence-electron chi connectivity index (χ1n) is 10.1. The average Bonchev–Trinajstić information content (AvgIpc) is 3.09. The Bertz CT molecular complexity index is 899. The summed E-state index contributed by atoms with van der Waals surface area (Å²) in [5.41, 5.74) is 3.60. The minimum absolute atomic E-state index is 0.604. The van der Waals surface area contributed by atoms with Crippen molar-refractivity contribution in [3.8, 4) is 17.2 Å². The highest BCUT2D eigenvalue weighted by atomic mass is 32.2. The molecule has 1 aromatic carbocycles. The van der Waals surface area contributed by atoms with Crippen LogP contribution in [-0.4, -0.2) is 28.1 Å². The lowest BCUT2D eigenvalue weighted by atomic mass is 9.66. The molecule has 5 atom stereocenters. The third kappa shape index (κ3) is 3.62. The molecule has 1 saturated heterocycles. The number of hydrogen-bond donors (Lipinski definition) is 0. The molecular formula is C24H27N3S. The van der Waals surface area contributed by atoms with Gasteiger partial charge in [0.2, 0.25) is 0 Å². The van der Waals surface area contributed by atoms with Crippen LogP contribution in [0, 0.1) is 35.0 Å². The second kappa shape index (κ2) is 8.11. The number of pyridine rings is 1. The van der Waals surface area contributed by atoms with Gasteiger partial charge in [-0.25, -0.2) is 0 Å². The van der Waals surface area contributed by atoms with Crippen molar-refractivity contribution in [2.45, 2.75) is 26.3 Å². The molecule has 2 fully saturated rings. The number of fused-ring (bicyclic) bond motifs is 1. The highest BCUT2D eigenvalue weighted by Crippen LogP contribution is 2.48. The predicted molar refractivity (Wildman–Crippen MR) is 117 cm³/mol. The average molecular weight is 390 g/mol. The van der Waals surface area contributed by atoms with Crippen LogP contribution in [0.4, 0.5) is 0 Å². The Morgan fingerprint density at radius 1 is 1.21 bits per heavy atom. The van der Waals surface area contributed by atoms with Gasteiger partial charge < -0.3 is 0 Å². The van der Waals surface area contributed by atoms with Crippen LogP contribution >= 0.6 is 11.9 Å². The van der Waals surface area contributed by atoms with Gasteiger partial charge in [0.05, 0.1) is 17.3 Å². The van der Waals surface area contributed by atoms with Gasteiger partial charge in [0, 0.05) is 29.1 Å². The summed E-state index contributed by atoms with van der Waals surface area (Å²) >= 11 is 1.99. The van der Waals surface area contributed by atoms with Gasteiger partial charge in [0.25, 0.3) is 0 Å². The van der Waals surface area contributed by atoms with E-state index in [2.05, 4.69) is 60.5 Å². The van der Waals surface area contributed by atoms with Crippen LogP contribution in [0.3, 0.4) is 0 Å². The summed E-state index contributed by atoms with van der Waals surface area (Å²) in [7, 11) is 2.25. The van der Waals surface area contributed by atoms with E-state index in [1.807, 2.05) is 42.4 Å². The maximum atomic E-state index is 9.32. The number of benzene rings is 1. The molecule has 1 aliphatic carbocycles. The predicted octanol–water partition coefficient (Wildman–Crippen LogP) is 5.50. The largest absolute Gasteiger partial charge is 0.256 e. The Morgan fingerprint density at radius 3 is 2.79 bits per heavy atom. The monoisotopic (exact) mass is 389 g/mol. The van der Waals surface area contributed by atoms with Crippen molar-refractivity contribution in [3.05, 3.63) is 59.9 Å². The van der Waals surface area contributed by atoms with E-state index in [1.54, 1.807) is 0 Å². The fourth-order valence-corrected chi connectivity index (χ4v) is 6.04. The highest BCUT2D eigenvalue weighted by molar-refractivity contribution is 7.97. The first-order chi connectivity index (χ1) is 13.6. The summed E-state index contributed by atoms with van der Waals surface area (Å²) in [6, 6.07) is 14.8. The van der Waals surface area contributed by atoms with Gasteiger partial charge in [-0.3, -0.25) is 9.29 Å². The van der Waals surface area contributed by atoms with Crippen molar-refractivity contribution >= 4 is 18.0 Å². The van der Waals surface area contributed by atoms with Crippen molar-refractivity contribution in [1.29, 1.82) is 5.26 Å². The summed E-state index contributed by atoms with van der Waals surface area (Å²) < 4.78 is 2.48. The smallest absolute Gasteiger partial charge is 0.0998 e. The van der Waals surface area contributed by atoms with Crippen LogP contribution in [0.25, 0.3) is 17.2 Å². The van der Waals surface area contributed by atoms with Crippen molar-refractivity contribution in [3.63, 3.8) is 0 Å². The van der Waals surface area contributed by atoms with Gasteiger partial charge in [0.1, 0.15) is 0 Å². The third-order valence-corrected chi connectivity index (χ3v) is 7.89. The molecule has 2 aliphatic rings. The van der Waals surface area contributed by atoms with Crippen LogP contribution in [0.1, 0.15) is 31.5 Å². The quantitative estimate of drug-likeness (QED) is 0.650. The summed E-state index contributed by atoms with van der Waals surface area (Å²) in [5, 5.41) is 9.32. The third-order valence-electron chi connectivity index (χ3n) is 6.68. The molecule has 28 heavy (non-hydrogen) atoms. The van der Waals surface area contributed by atoms with Crippen molar-refractivity contribution < 1.29 is 0 Å². The molecule has 2 heterocycles. The summed E-state index contributed by atoms with van der Waals surface area (Å²) in [4.78, 5) is 4.65. The van der Waals surface area contributed by atoms with Crippen LogP contribution in [0.2, 0.25) is 0 Å². The Morgan fingerprint density at radius 2 is 2.04 bits per heavy atom. The molecule has 0 radical (unpaired) electrons. The van der Waals surface area contributed by atoms with E-state index < -0.39 is 0 Å². The number of rotatable bonds is 3. The van der Waals surface area contributed by atoms with Crippen LogP contribution in [0.5, 0.6) is 0 Å². The molecule has 0 spiro atoms. The second-order valence-corrected chi connectivity index (χ2v) is 9.38. The Kier molecular flexibility index (Phi) is 5.57. The van der Waals surface area contributed by atoms with E-state index in [1.165, 1.54) is 12.2 Å². The van der Waals surface area contributed by atoms with E-state index >= 15 is 0 Å². The summed E-state index contributed by atoms with van der Waals surface area (Å²) in [6.07, 6.45) is 7.79. The van der Waals surface area contributed by atoms with Gasteiger partial charge in [-0.2, -0.15) is 5.26 Å². The molecule has 2 aromatic rings. The number of aromatic nitrogens is 1. The molecule has 1 aliphatic heterocycles. The lowest BCUT2D eigenvalue weighted by molar-refractivity contribution is 0.105. The molecule has 4 rings (SSSR count). The molecular weight excluding hydrogens is 362 g/mol. The Balaban J connectivity index is 1.54. The number of allylic oxidation sites excluding steroid dienone is 1. The van der Waals surface area contributed by atoms with E-state index in [0.717, 1.165) is 28.7 Å². The standard InChI is InChI=1S/C24H27N3S/c1-16-12-24-23(15-28-27(24)3)21(17(16)2)11-10-20-9-8-19(14-26-20)22-7-5-4-6-18(22)13-25/h4-11,14,16-17,21,23-24H,12,15H2,1-3H3/b11-10+. The second-order valence-electron chi connectivity index (χ2n) is 8.21. The highest BCUT2D eigenvalue weighted by Gasteiger charge is 2.45. The van der Waals surface area contributed by atoms with Gasteiger partial charge in [-0.05, 0) is 55.3 Å². The summed E-state index contributed by atoms with van der Waals surface area (Å²) in [6.45, 7) is 4.81. The Hall–Kier alpha value is -2.09. The molecule has 144 valence electrons. The molecule has 0 bridgehead atoms. The first kappa shape index (κ1) is 19.2. The van der Waals surface area contributed by atoms with E-state index in [4.69, 9.17) is 0 Å². The van der Waals surface area contributed by atoms with Gasteiger partial charge >= 0.3 is 0 Å². The number of hydrogen-bond acceptors (Lipinski definition) is 4. The maximum absolute atomic E-state index is 9.32. The van der Waals surface area contributed by atoms with Gasteiger partial charge in [-0.1, -0.05) is 56.1 Å². The molecule has 0 amide bonds. The van der Waals surface area contributed by atoms with Crippen molar-refractivity contribution in [1.82, 2.24) is 9.29 Å². The topological polar surface area (TPSA) is 39.9 Å². The molecule has 1 saturated carbocycles. The zero-order valence-corrected chi connectivity index (χ0v) is 17.6. The molecule has 4 heteroatoms. The van der Waals surface area contributed by atoms with Crippen LogP contribution in [-0.2, 0) is 0 Å². The van der Waals surface area contributed by atoms with E-state index in [0.29, 0.717) is 23.4 Å². The molecule has 5 unspecified atom stereocenters. The fraction of sp³-hybridized carbons (Fsp3) is 0.417. The zero-order chi connectivity index (χ0) is 19.7. The minimum atomic E-state index is 0.604. The number of nitriles is 1. The fourth-order valence-electron chi connectivity index (χ4n) is 4.76. The van der Waals surface area contributed by atoms with Gasteiger partial charge in [-0.15, -0.1) is 0 Å². The normalized spacial score (nSPS) is 30.3. The molecule has 0 N–H and O–H groups in total. The SMILES string of the molecule is CC1CC2C(CSN2C)C(/C=C/c2ccc(-c3ccccc3C#N)cn2)C1C. The van der Waals surface area contributed by atoms with E-state index in [-0.39, 0.29) is 0 Å². The number of nitrogens with zero attached hydrogens (tertiary/aromatic N) is 3. The minimum Gasteiger partial charge on any atom is -0.256 e. The molecule has 3 nitrogen and oxygen atoms in total. The first-order valence-corrected chi connectivity index (χ1v) is 11.0. The van der Waals surface area contributed by atoms with Gasteiger partial charge in [0.15, 0.2) is 0 Å². The van der Waals surface area contributed by atoms with Crippen LogP contribution in [0.15, 0.2) is 48.7 Å².